The smallest absolute Gasteiger partial charge is 0.242 e. The van der Waals surface area contributed by atoms with Crippen LogP contribution in [0.25, 0.3) is 0 Å². The van der Waals surface area contributed by atoms with Crippen molar-refractivity contribution in [3.8, 4) is 6.07 Å². The van der Waals surface area contributed by atoms with Gasteiger partial charge in [-0.05, 0) is 18.6 Å². The molecule has 92 valence electrons. The Morgan fingerprint density at radius 1 is 1.59 bits per heavy atom. The summed E-state index contributed by atoms with van der Waals surface area (Å²) in [7, 11) is -3.63. The zero-order valence-electron chi connectivity index (χ0n) is 9.22. The van der Waals surface area contributed by atoms with Gasteiger partial charge in [0, 0.05) is 12.2 Å². The van der Waals surface area contributed by atoms with E-state index in [2.05, 4.69) is 9.71 Å². The molecule has 0 aliphatic rings. The maximum Gasteiger partial charge on any atom is 0.242 e. The average molecular weight is 274 g/mol. The highest BCUT2D eigenvalue weighted by atomic mass is 35.5. The Kier molecular flexibility index (Phi) is 4.87. The van der Waals surface area contributed by atoms with E-state index in [0.29, 0.717) is 6.42 Å². The van der Waals surface area contributed by atoms with E-state index in [4.69, 9.17) is 16.9 Å². The molecule has 1 heterocycles. The molecule has 0 spiro atoms. The first-order valence-electron chi connectivity index (χ1n) is 5.00. The number of halogens is 1. The van der Waals surface area contributed by atoms with Gasteiger partial charge in [0.2, 0.25) is 10.0 Å². The molecule has 7 heteroatoms. The second kappa shape index (κ2) is 5.96. The lowest BCUT2D eigenvalue weighted by molar-refractivity contribution is 0.543. The third kappa shape index (κ3) is 3.97. The summed E-state index contributed by atoms with van der Waals surface area (Å²) in [6, 6.07) is 4.33. The van der Waals surface area contributed by atoms with Crippen LogP contribution in [-0.4, -0.2) is 19.4 Å². The van der Waals surface area contributed by atoms with E-state index in [0.717, 1.165) is 0 Å². The Morgan fingerprint density at radius 3 is 2.76 bits per heavy atom. The molecule has 0 bridgehead atoms. The molecule has 5 nitrogen and oxygen atoms in total. The van der Waals surface area contributed by atoms with Crippen LogP contribution in [0.4, 0.5) is 0 Å². The van der Waals surface area contributed by atoms with Crippen molar-refractivity contribution < 1.29 is 8.42 Å². The van der Waals surface area contributed by atoms with Crippen LogP contribution < -0.4 is 4.72 Å². The SMILES string of the molecule is CCC(CC#N)NS(=O)(=O)c1ccc(Cl)nc1. The van der Waals surface area contributed by atoms with Crippen LogP contribution in [0, 0.1) is 11.3 Å². The fourth-order valence-corrected chi connectivity index (χ4v) is 2.56. The third-order valence-electron chi connectivity index (χ3n) is 2.16. The van der Waals surface area contributed by atoms with Gasteiger partial charge in [-0.15, -0.1) is 0 Å². The van der Waals surface area contributed by atoms with E-state index in [-0.39, 0.29) is 22.5 Å². The standard InChI is InChI=1S/C10H12ClN3O2S/c1-2-8(5-6-12)14-17(15,16)9-3-4-10(11)13-7-9/h3-4,7-8,14H,2,5H2,1H3. The molecule has 0 radical (unpaired) electrons. The van der Waals surface area contributed by atoms with E-state index in [1.807, 2.05) is 13.0 Å². The number of rotatable bonds is 5. The van der Waals surface area contributed by atoms with Gasteiger partial charge in [0.1, 0.15) is 10.0 Å². The number of aromatic nitrogens is 1. The number of hydrogen-bond donors (Lipinski definition) is 1. The van der Waals surface area contributed by atoms with Crippen LogP contribution in [0.15, 0.2) is 23.2 Å². The van der Waals surface area contributed by atoms with Crippen molar-refractivity contribution in [2.45, 2.75) is 30.7 Å². The van der Waals surface area contributed by atoms with Crippen LogP contribution in [0.5, 0.6) is 0 Å². The number of pyridine rings is 1. The molecule has 0 saturated carbocycles. The summed E-state index contributed by atoms with van der Waals surface area (Å²) in [5.74, 6) is 0. The van der Waals surface area contributed by atoms with E-state index >= 15 is 0 Å². The molecule has 17 heavy (non-hydrogen) atoms. The maximum absolute atomic E-state index is 11.9. The van der Waals surface area contributed by atoms with Crippen molar-refractivity contribution in [3.05, 3.63) is 23.5 Å². The van der Waals surface area contributed by atoms with Gasteiger partial charge in [-0.25, -0.2) is 18.1 Å². The van der Waals surface area contributed by atoms with Crippen molar-refractivity contribution in [1.29, 1.82) is 5.26 Å². The van der Waals surface area contributed by atoms with Gasteiger partial charge in [0.15, 0.2) is 0 Å². The molecular formula is C10H12ClN3O2S. The molecule has 1 aromatic heterocycles. The van der Waals surface area contributed by atoms with Crippen LogP contribution in [-0.2, 0) is 10.0 Å². The quantitative estimate of drug-likeness (QED) is 0.828. The van der Waals surface area contributed by atoms with E-state index in [9.17, 15) is 8.42 Å². The molecule has 0 fully saturated rings. The molecule has 1 aromatic rings. The first-order valence-corrected chi connectivity index (χ1v) is 6.86. The number of nitrogens with zero attached hydrogens (tertiary/aromatic N) is 2. The van der Waals surface area contributed by atoms with Crippen LogP contribution >= 0.6 is 11.6 Å². The van der Waals surface area contributed by atoms with Gasteiger partial charge in [0.05, 0.1) is 12.5 Å². The monoisotopic (exact) mass is 273 g/mol. The highest BCUT2D eigenvalue weighted by molar-refractivity contribution is 7.89. The average Bonchev–Trinajstić information content (AvgIpc) is 2.28. The maximum atomic E-state index is 11.9. The Hall–Kier alpha value is -1.16. The summed E-state index contributed by atoms with van der Waals surface area (Å²) in [6.07, 6.45) is 1.87. The summed E-state index contributed by atoms with van der Waals surface area (Å²) in [4.78, 5) is 3.75. The summed E-state index contributed by atoms with van der Waals surface area (Å²) < 4.78 is 26.2. The van der Waals surface area contributed by atoms with E-state index < -0.39 is 10.0 Å². The number of nitrogens with one attached hydrogen (secondary N) is 1. The molecule has 1 atom stereocenters. The van der Waals surface area contributed by atoms with Crippen LogP contribution in [0.3, 0.4) is 0 Å². The number of sulfonamides is 1. The largest absolute Gasteiger partial charge is 0.243 e. The fourth-order valence-electron chi connectivity index (χ4n) is 1.19. The molecule has 0 aliphatic heterocycles. The van der Waals surface area contributed by atoms with Crippen molar-refractivity contribution in [3.63, 3.8) is 0 Å². The first-order chi connectivity index (χ1) is 7.99. The van der Waals surface area contributed by atoms with Gasteiger partial charge in [0.25, 0.3) is 0 Å². The first kappa shape index (κ1) is 13.9. The van der Waals surface area contributed by atoms with Crippen molar-refractivity contribution >= 4 is 21.6 Å². The lowest BCUT2D eigenvalue weighted by Gasteiger charge is -2.13. The minimum absolute atomic E-state index is 0.0401. The molecule has 1 unspecified atom stereocenters. The molecule has 1 N–H and O–H groups in total. The zero-order valence-corrected chi connectivity index (χ0v) is 10.8. The highest BCUT2D eigenvalue weighted by Crippen LogP contribution is 2.12. The molecular weight excluding hydrogens is 262 g/mol. The minimum Gasteiger partial charge on any atom is -0.243 e. The zero-order chi connectivity index (χ0) is 12.9. The van der Waals surface area contributed by atoms with E-state index in [1.165, 1.54) is 18.3 Å². The molecule has 0 saturated heterocycles. The van der Waals surface area contributed by atoms with Crippen molar-refractivity contribution in [1.82, 2.24) is 9.71 Å². The molecule has 0 amide bonds. The predicted octanol–water partition coefficient (Wildman–Crippen LogP) is 1.71. The van der Waals surface area contributed by atoms with Crippen LogP contribution in [0.1, 0.15) is 19.8 Å². The minimum atomic E-state index is -3.63. The van der Waals surface area contributed by atoms with Crippen molar-refractivity contribution in [2.75, 3.05) is 0 Å². The third-order valence-corrected chi connectivity index (χ3v) is 3.89. The van der Waals surface area contributed by atoms with E-state index in [1.54, 1.807) is 0 Å². The fraction of sp³-hybridized carbons (Fsp3) is 0.400. The van der Waals surface area contributed by atoms with Gasteiger partial charge < -0.3 is 0 Å². The number of hydrogen-bond acceptors (Lipinski definition) is 4. The molecule has 1 rings (SSSR count). The van der Waals surface area contributed by atoms with Gasteiger partial charge >= 0.3 is 0 Å². The van der Waals surface area contributed by atoms with Gasteiger partial charge in [-0.1, -0.05) is 18.5 Å². The second-order valence-electron chi connectivity index (χ2n) is 3.41. The number of nitriles is 1. The van der Waals surface area contributed by atoms with Crippen molar-refractivity contribution in [2.24, 2.45) is 0 Å². The summed E-state index contributed by atoms with van der Waals surface area (Å²) in [5, 5.41) is 8.79. The molecule has 0 aromatic carbocycles. The van der Waals surface area contributed by atoms with Gasteiger partial charge in [-0.3, -0.25) is 0 Å². The highest BCUT2D eigenvalue weighted by Gasteiger charge is 2.19. The Balaban J connectivity index is 2.89. The summed E-state index contributed by atoms with van der Waals surface area (Å²) in [5.41, 5.74) is 0. The summed E-state index contributed by atoms with van der Waals surface area (Å²) in [6.45, 7) is 1.81. The summed E-state index contributed by atoms with van der Waals surface area (Å²) >= 11 is 5.58. The Morgan fingerprint density at radius 2 is 2.29 bits per heavy atom. The lowest BCUT2D eigenvalue weighted by Crippen LogP contribution is -2.34. The normalized spacial score (nSPS) is 13.0. The topological polar surface area (TPSA) is 82.9 Å². The lowest BCUT2D eigenvalue weighted by atomic mass is 10.2. The Labute approximate surface area is 105 Å². The van der Waals surface area contributed by atoms with Crippen LogP contribution in [0.2, 0.25) is 5.15 Å². The molecule has 0 aliphatic carbocycles. The predicted molar refractivity (Wildman–Crippen MR) is 63.9 cm³/mol. The Bertz CT molecular complexity index is 507. The van der Waals surface area contributed by atoms with Gasteiger partial charge in [-0.2, -0.15) is 5.26 Å². The second-order valence-corrected chi connectivity index (χ2v) is 5.51.